The van der Waals surface area contributed by atoms with Gasteiger partial charge in [0.25, 0.3) is 5.91 Å². The standard InChI is InChI=1S/C23H18N4O/c1-16-21-14-19(15-24-22(21)27(2)26-16)23(28)25-20-10-6-9-18(13-20)12-11-17-7-4-3-5-8-17/h3-10,13-15H,1-2H3,(H,25,28). The van der Waals surface area contributed by atoms with E-state index in [2.05, 4.69) is 27.2 Å². The van der Waals surface area contributed by atoms with Gasteiger partial charge in [0.05, 0.1) is 11.3 Å². The molecule has 5 nitrogen and oxygen atoms in total. The largest absolute Gasteiger partial charge is 0.322 e. The molecule has 5 heteroatoms. The summed E-state index contributed by atoms with van der Waals surface area (Å²) in [5.74, 6) is 6.03. The number of hydrogen-bond donors (Lipinski definition) is 1. The lowest BCUT2D eigenvalue weighted by Crippen LogP contribution is -2.12. The number of nitrogens with zero attached hydrogens (tertiary/aromatic N) is 3. The first kappa shape index (κ1) is 17.5. The molecule has 0 unspecified atom stereocenters. The third-order valence-corrected chi connectivity index (χ3v) is 4.37. The summed E-state index contributed by atoms with van der Waals surface area (Å²) < 4.78 is 1.71. The molecule has 0 aliphatic rings. The summed E-state index contributed by atoms with van der Waals surface area (Å²) >= 11 is 0. The van der Waals surface area contributed by atoms with Crippen LogP contribution >= 0.6 is 0 Å². The lowest BCUT2D eigenvalue weighted by atomic mass is 10.1. The molecule has 0 spiro atoms. The second kappa shape index (κ2) is 7.37. The number of rotatable bonds is 2. The number of hydrogen-bond acceptors (Lipinski definition) is 3. The Bertz CT molecular complexity index is 1230. The number of carbonyl (C=O) groups excluding carboxylic acids is 1. The Morgan fingerprint density at radius 1 is 1.00 bits per heavy atom. The number of carbonyl (C=O) groups is 1. The number of aromatic nitrogens is 3. The predicted molar refractivity (Wildman–Crippen MR) is 110 cm³/mol. The molecule has 2 aromatic heterocycles. The maximum absolute atomic E-state index is 12.7. The smallest absolute Gasteiger partial charge is 0.257 e. The minimum atomic E-state index is -0.217. The zero-order chi connectivity index (χ0) is 19.5. The Morgan fingerprint density at radius 2 is 1.75 bits per heavy atom. The van der Waals surface area contributed by atoms with Crippen LogP contribution in [0.2, 0.25) is 0 Å². The number of fused-ring (bicyclic) bond motifs is 1. The summed E-state index contributed by atoms with van der Waals surface area (Å²) in [5.41, 5.74) is 4.56. The maximum Gasteiger partial charge on any atom is 0.257 e. The van der Waals surface area contributed by atoms with Gasteiger partial charge in [-0.05, 0) is 43.3 Å². The molecule has 28 heavy (non-hydrogen) atoms. The second-order valence-corrected chi connectivity index (χ2v) is 6.46. The first-order chi connectivity index (χ1) is 13.6. The molecule has 0 radical (unpaired) electrons. The van der Waals surface area contributed by atoms with Crippen molar-refractivity contribution < 1.29 is 4.79 Å². The molecule has 0 aliphatic carbocycles. The molecule has 0 saturated heterocycles. The van der Waals surface area contributed by atoms with E-state index in [0.717, 1.165) is 27.9 Å². The van der Waals surface area contributed by atoms with Gasteiger partial charge >= 0.3 is 0 Å². The maximum atomic E-state index is 12.7. The molecule has 4 aromatic rings. The monoisotopic (exact) mass is 366 g/mol. The number of pyridine rings is 1. The van der Waals surface area contributed by atoms with Gasteiger partial charge in [-0.25, -0.2) is 4.98 Å². The van der Waals surface area contributed by atoms with Crippen molar-refractivity contribution in [3.8, 4) is 11.8 Å². The van der Waals surface area contributed by atoms with E-state index in [0.29, 0.717) is 11.3 Å². The molecular weight excluding hydrogens is 348 g/mol. The first-order valence-electron chi connectivity index (χ1n) is 8.88. The van der Waals surface area contributed by atoms with Gasteiger partial charge < -0.3 is 5.32 Å². The summed E-state index contributed by atoms with van der Waals surface area (Å²) in [6, 6.07) is 19.1. The van der Waals surface area contributed by atoms with E-state index in [4.69, 9.17) is 0 Å². The Morgan fingerprint density at radius 3 is 2.57 bits per heavy atom. The Labute approximate surface area is 163 Å². The molecule has 4 rings (SSSR count). The van der Waals surface area contributed by atoms with E-state index in [-0.39, 0.29) is 5.91 Å². The zero-order valence-corrected chi connectivity index (χ0v) is 15.6. The summed E-state index contributed by atoms with van der Waals surface area (Å²) in [6.07, 6.45) is 1.57. The molecule has 0 atom stereocenters. The van der Waals surface area contributed by atoms with Gasteiger partial charge in [0.15, 0.2) is 5.65 Å². The third-order valence-electron chi connectivity index (χ3n) is 4.37. The van der Waals surface area contributed by atoms with Gasteiger partial charge in [0.2, 0.25) is 0 Å². The molecule has 0 saturated carbocycles. The Hall–Kier alpha value is -3.91. The fraction of sp³-hybridized carbons (Fsp3) is 0.0870. The highest BCUT2D eigenvalue weighted by Crippen LogP contribution is 2.18. The predicted octanol–water partition coefficient (Wildman–Crippen LogP) is 3.93. The second-order valence-electron chi connectivity index (χ2n) is 6.46. The van der Waals surface area contributed by atoms with Gasteiger partial charge in [-0.2, -0.15) is 5.10 Å². The summed E-state index contributed by atoms with van der Waals surface area (Å²) in [7, 11) is 1.84. The highest BCUT2D eigenvalue weighted by atomic mass is 16.1. The van der Waals surface area contributed by atoms with E-state index in [1.807, 2.05) is 74.6 Å². The first-order valence-corrected chi connectivity index (χ1v) is 8.88. The van der Waals surface area contributed by atoms with E-state index in [1.54, 1.807) is 10.9 Å². The van der Waals surface area contributed by atoms with Crippen LogP contribution in [0, 0.1) is 18.8 Å². The lowest BCUT2D eigenvalue weighted by Gasteiger charge is -2.06. The fourth-order valence-electron chi connectivity index (χ4n) is 2.98. The molecule has 0 bridgehead atoms. The molecule has 136 valence electrons. The van der Waals surface area contributed by atoms with Crippen LogP contribution in [-0.4, -0.2) is 20.7 Å². The van der Waals surface area contributed by atoms with Crippen LogP contribution in [0.1, 0.15) is 27.2 Å². The fourth-order valence-corrected chi connectivity index (χ4v) is 2.98. The van der Waals surface area contributed by atoms with Crippen LogP contribution in [-0.2, 0) is 7.05 Å². The molecule has 2 heterocycles. The van der Waals surface area contributed by atoms with Crippen LogP contribution < -0.4 is 5.32 Å². The third kappa shape index (κ3) is 3.62. The highest BCUT2D eigenvalue weighted by Gasteiger charge is 2.12. The molecule has 0 fully saturated rings. The van der Waals surface area contributed by atoms with Crippen LogP contribution in [0.25, 0.3) is 11.0 Å². The van der Waals surface area contributed by atoms with E-state index < -0.39 is 0 Å². The molecule has 2 aromatic carbocycles. The normalized spacial score (nSPS) is 10.4. The Balaban J connectivity index is 1.55. The van der Waals surface area contributed by atoms with E-state index in [9.17, 15) is 4.79 Å². The summed E-state index contributed by atoms with van der Waals surface area (Å²) in [4.78, 5) is 17.0. The van der Waals surface area contributed by atoms with Crippen LogP contribution in [0.4, 0.5) is 5.69 Å². The minimum absolute atomic E-state index is 0.217. The van der Waals surface area contributed by atoms with Crippen molar-refractivity contribution in [1.29, 1.82) is 0 Å². The number of nitrogens with one attached hydrogen (secondary N) is 1. The number of amides is 1. The van der Waals surface area contributed by atoms with Crippen LogP contribution in [0.3, 0.4) is 0 Å². The zero-order valence-electron chi connectivity index (χ0n) is 15.6. The van der Waals surface area contributed by atoms with Crippen molar-refractivity contribution >= 4 is 22.6 Å². The SMILES string of the molecule is Cc1nn(C)c2ncc(C(=O)Nc3cccc(C#Cc4ccccc4)c3)cc12. The molecular formula is C23H18N4O. The molecule has 1 N–H and O–H groups in total. The molecule has 0 aliphatic heterocycles. The van der Waals surface area contributed by atoms with Gasteiger partial charge in [-0.15, -0.1) is 0 Å². The van der Waals surface area contributed by atoms with Crippen molar-refractivity contribution in [2.75, 3.05) is 5.32 Å². The summed E-state index contributed by atoms with van der Waals surface area (Å²) in [6.45, 7) is 1.90. The average Bonchev–Trinajstić information content (AvgIpc) is 3.01. The van der Waals surface area contributed by atoms with Gasteiger partial charge in [-0.1, -0.05) is 36.1 Å². The summed E-state index contributed by atoms with van der Waals surface area (Å²) in [5, 5.41) is 8.13. The van der Waals surface area contributed by atoms with E-state index in [1.165, 1.54) is 0 Å². The number of anilines is 1. The van der Waals surface area contributed by atoms with Crippen LogP contribution in [0.5, 0.6) is 0 Å². The molecule has 1 amide bonds. The van der Waals surface area contributed by atoms with E-state index >= 15 is 0 Å². The van der Waals surface area contributed by atoms with Gasteiger partial charge in [-0.3, -0.25) is 9.48 Å². The van der Waals surface area contributed by atoms with Crippen molar-refractivity contribution in [3.05, 3.63) is 89.2 Å². The Kier molecular flexibility index (Phi) is 4.61. The van der Waals surface area contributed by atoms with Crippen molar-refractivity contribution in [2.45, 2.75) is 6.92 Å². The van der Waals surface area contributed by atoms with Crippen LogP contribution in [0.15, 0.2) is 66.9 Å². The van der Waals surface area contributed by atoms with Crippen molar-refractivity contribution in [1.82, 2.24) is 14.8 Å². The number of benzene rings is 2. The quantitative estimate of drug-likeness (QED) is 0.547. The minimum Gasteiger partial charge on any atom is -0.322 e. The topological polar surface area (TPSA) is 59.8 Å². The van der Waals surface area contributed by atoms with Crippen molar-refractivity contribution in [2.24, 2.45) is 7.05 Å². The van der Waals surface area contributed by atoms with Gasteiger partial charge in [0.1, 0.15) is 0 Å². The highest BCUT2D eigenvalue weighted by molar-refractivity contribution is 6.05. The van der Waals surface area contributed by atoms with Gasteiger partial charge in [0, 0.05) is 35.4 Å². The average molecular weight is 366 g/mol. The lowest BCUT2D eigenvalue weighted by molar-refractivity contribution is 0.102. The van der Waals surface area contributed by atoms with Crippen molar-refractivity contribution in [3.63, 3.8) is 0 Å². The number of aryl methyl sites for hydroxylation is 2.